The van der Waals surface area contributed by atoms with E-state index in [0.29, 0.717) is 25.4 Å². The molecule has 0 aliphatic carbocycles. The summed E-state index contributed by atoms with van der Waals surface area (Å²) in [5, 5.41) is 20.2. The third-order valence-corrected chi connectivity index (χ3v) is 3.26. The molecule has 20 heavy (non-hydrogen) atoms. The van der Waals surface area contributed by atoms with Crippen LogP contribution in [-0.2, 0) is 4.74 Å². The van der Waals surface area contributed by atoms with Crippen molar-refractivity contribution >= 4 is 17.2 Å². The molecule has 0 aromatic heterocycles. The summed E-state index contributed by atoms with van der Waals surface area (Å²) in [4.78, 5) is 23.8. The highest BCUT2D eigenvalue weighted by molar-refractivity contribution is 5.98. The largest absolute Gasteiger partial charge is 0.394 e. The smallest absolute Gasteiger partial charge is 0.282 e. The number of nitro benzene ring substituents is 1. The number of nitro groups is 1. The van der Waals surface area contributed by atoms with Gasteiger partial charge in [-0.3, -0.25) is 14.9 Å². The van der Waals surface area contributed by atoms with Crippen LogP contribution in [0.4, 0.5) is 11.4 Å². The lowest BCUT2D eigenvalue weighted by Crippen LogP contribution is -2.44. The molecule has 1 fully saturated rings. The van der Waals surface area contributed by atoms with Gasteiger partial charge in [-0.05, 0) is 19.1 Å². The average molecular weight is 280 g/mol. The van der Waals surface area contributed by atoms with Crippen LogP contribution in [0.15, 0.2) is 18.2 Å². The summed E-state index contributed by atoms with van der Waals surface area (Å²) in [6, 6.07) is 4.55. The Bertz CT molecular complexity index is 531. The summed E-state index contributed by atoms with van der Waals surface area (Å²) in [7, 11) is 0. The van der Waals surface area contributed by atoms with E-state index in [-0.39, 0.29) is 29.7 Å². The topological polar surface area (TPSA) is 92.9 Å². The number of nitrogens with zero attached hydrogens (tertiary/aromatic N) is 2. The quantitative estimate of drug-likeness (QED) is 0.502. The number of anilines is 1. The minimum Gasteiger partial charge on any atom is -0.394 e. The first-order valence-electron chi connectivity index (χ1n) is 6.29. The lowest BCUT2D eigenvalue weighted by atomic mass is 10.1. The molecule has 0 bridgehead atoms. The molecule has 0 saturated carbocycles. The van der Waals surface area contributed by atoms with Crippen LogP contribution in [-0.4, -0.2) is 48.2 Å². The fourth-order valence-corrected chi connectivity index (χ4v) is 2.23. The molecule has 2 rings (SSSR count). The fourth-order valence-electron chi connectivity index (χ4n) is 2.23. The normalized spacial score (nSPS) is 18.9. The lowest BCUT2D eigenvalue weighted by molar-refractivity contribution is -0.385. The number of carbonyl (C=O) groups is 1. The first-order chi connectivity index (χ1) is 9.52. The number of Topliss-reactive ketones (excluding diaryl/α,β-unsaturated/α-hetero) is 1. The maximum absolute atomic E-state index is 11.4. The van der Waals surface area contributed by atoms with Gasteiger partial charge in [0.05, 0.1) is 29.8 Å². The highest BCUT2D eigenvalue weighted by atomic mass is 16.6. The van der Waals surface area contributed by atoms with Gasteiger partial charge in [0.1, 0.15) is 0 Å². The third-order valence-electron chi connectivity index (χ3n) is 3.26. The van der Waals surface area contributed by atoms with E-state index in [0.717, 1.165) is 0 Å². The van der Waals surface area contributed by atoms with Gasteiger partial charge in [-0.15, -0.1) is 0 Å². The summed E-state index contributed by atoms with van der Waals surface area (Å²) < 4.78 is 5.34. The van der Waals surface area contributed by atoms with Crippen molar-refractivity contribution < 1.29 is 19.6 Å². The predicted octanol–water partition coefficient (Wildman–Crippen LogP) is 0.995. The number of ether oxygens (including phenoxy) is 1. The van der Waals surface area contributed by atoms with Gasteiger partial charge in [-0.25, -0.2) is 0 Å². The second kappa shape index (κ2) is 5.98. The van der Waals surface area contributed by atoms with Crippen LogP contribution in [0.3, 0.4) is 0 Å². The van der Waals surface area contributed by atoms with Crippen molar-refractivity contribution in [2.75, 3.05) is 31.2 Å². The van der Waals surface area contributed by atoms with Crippen molar-refractivity contribution in [3.8, 4) is 0 Å². The Kier molecular flexibility index (Phi) is 4.31. The van der Waals surface area contributed by atoms with Crippen LogP contribution in [0.5, 0.6) is 0 Å². The molecule has 7 heteroatoms. The van der Waals surface area contributed by atoms with E-state index in [1.165, 1.54) is 19.1 Å². The number of rotatable bonds is 4. The maximum atomic E-state index is 11.4. The van der Waals surface area contributed by atoms with Crippen molar-refractivity contribution in [2.45, 2.75) is 13.0 Å². The molecule has 1 saturated heterocycles. The van der Waals surface area contributed by atoms with Gasteiger partial charge in [0.2, 0.25) is 0 Å². The van der Waals surface area contributed by atoms with E-state index in [1.807, 2.05) is 4.90 Å². The number of ketones is 1. The molecule has 1 N–H and O–H groups in total. The van der Waals surface area contributed by atoms with Crippen molar-refractivity contribution in [3.63, 3.8) is 0 Å². The molecule has 7 nitrogen and oxygen atoms in total. The Morgan fingerprint density at radius 1 is 1.60 bits per heavy atom. The van der Waals surface area contributed by atoms with Gasteiger partial charge in [0.15, 0.2) is 5.78 Å². The molecular formula is C13H16N2O5. The second-order valence-corrected chi connectivity index (χ2v) is 4.64. The van der Waals surface area contributed by atoms with Gasteiger partial charge in [0, 0.05) is 24.8 Å². The van der Waals surface area contributed by atoms with Gasteiger partial charge in [0.25, 0.3) is 5.69 Å². The van der Waals surface area contributed by atoms with Gasteiger partial charge in [-0.2, -0.15) is 0 Å². The van der Waals surface area contributed by atoms with E-state index in [1.54, 1.807) is 6.07 Å². The number of hydrogen-bond acceptors (Lipinski definition) is 6. The zero-order valence-corrected chi connectivity index (χ0v) is 11.1. The van der Waals surface area contributed by atoms with E-state index in [4.69, 9.17) is 9.84 Å². The Hall–Kier alpha value is -1.99. The molecule has 108 valence electrons. The number of carbonyl (C=O) groups excluding carboxylic acids is 1. The van der Waals surface area contributed by atoms with E-state index in [9.17, 15) is 14.9 Å². The van der Waals surface area contributed by atoms with Crippen LogP contribution >= 0.6 is 0 Å². The van der Waals surface area contributed by atoms with Gasteiger partial charge < -0.3 is 14.7 Å². The van der Waals surface area contributed by atoms with Crippen LogP contribution in [0.25, 0.3) is 0 Å². The van der Waals surface area contributed by atoms with E-state index >= 15 is 0 Å². The highest BCUT2D eigenvalue weighted by Gasteiger charge is 2.23. The summed E-state index contributed by atoms with van der Waals surface area (Å²) in [6.45, 7) is 2.72. The molecule has 1 aliphatic rings. The van der Waals surface area contributed by atoms with Crippen molar-refractivity contribution in [1.29, 1.82) is 0 Å². The van der Waals surface area contributed by atoms with Crippen molar-refractivity contribution in [2.24, 2.45) is 0 Å². The summed E-state index contributed by atoms with van der Waals surface area (Å²) in [5.74, 6) is -0.335. The standard InChI is InChI=1S/C13H16N2O5/c1-9(17)12-3-2-10(6-13(12)15(18)19)14-4-5-20-11(7-14)8-16/h2-3,6,11,16H,4-5,7-8H2,1H3. The summed E-state index contributed by atoms with van der Waals surface area (Å²) >= 11 is 0. The van der Waals surface area contributed by atoms with Gasteiger partial charge in [-0.1, -0.05) is 0 Å². The molecule has 1 aliphatic heterocycles. The Balaban J connectivity index is 2.31. The predicted molar refractivity (Wildman–Crippen MR) is 72.1 cm³/mol. The fraction of sp³-hybridized carbons (Fsp3) is 0.462. The summed E-state index contributed by atoms with van der Waals surface area (Å²) in [6.07, 6.45) is -0.296. The van der Waals surface area contributed by atoms with Crippen LogP contribution in [0.1, 0.15) is 17.3 Å². The zero-order valence-electron chi connectivity index (χ0n) is 11.1. The first kappa shape index (κ1) is 14.4. The number of benzene rings is 1. The van der Waals surface area contributed by atoms with Crippen LogP contribution in [0, 0.1) is 10.1 Å². The minimum absolute atomic E-state index is 0.0931. The lowest BCUT2D eigenvalue weighted by Gasteiger charge is -2.33. The first-order valence-corrected chi connectivity index (χ1v) is 6.29. The zero-order chi connectivity index (χ0) is 14.7. The van der Waals surface area contributed by atoms with Crippen molar-refractivity contribution in [1.82, 2.24) is 0 Å². The average Bonchev–Trinajstić information content (AvgIpc) is 2.46. The Labute approximate surface area is 115 Å². The second-order valence-electron chi connectivity index (χ2n) is 4.64. The number of hydrogen-bond donors (Lipinski definition) is 1. The third kappa shape index (κ3) is 2.94. The molecule has 0 spiro atoms. The molecular weight excluding hydrogens is 264 g/mol. The maximum Gasteiger partial charge on any atom is 0.282 e. The molecule has 1 heterocycles. The van der Waals surface area contributed by atoms with E-state index < -0.39 is 4.92 Å². The molecule has 0 amide bonds. The van der Waals surface area contributed by atoms with Crippen molar-refractivity contribution in [3.05, 3.63) is 33.9 Å². The van der Waals surface area contributed by atoms with Crippen LogP contribution < -0.4 is 4.90 Å². The van der Waals surface area contributed by atoms with E-state index in [2.05, 4.69) is 0 Å². The van der Waals surface area contributed by atoms with Crippen LogP contribution in [0.2, 0.25) is 0 Å². The number of aliphatic hydroxyl groups is 1. The number of aliphatic hydroxyl groups excluding tert-OH is 1. The Morgan fingerprint density at radius 3 is 2.95 bits per heavy atom. The molecule has 0 radical (unpaired) electrons. The molecule has 1 aromatic rings. The highest BCUT2D eigenvalue weighted by Crippen LogP contribution is 2.27. The minimum atomic E-state index is -0.551. The number of morpholine rings is 1. The summed E-state index contributed by atoms with van der Waals surface area (Å²) in [5.41, 5.74) is 0.566. The SMILES string of the molecule is CC(=O)c1ccc(N2CCOC(CO)C2)cc1[N+](=O)[O-]. The molecule has 1 unspecified atom stereocenters. The molecule has 1 atom stereocenters. The molecule has 1 aromatic carbocycles. The van der Waals surface area contributed by atoms with Gasteiger partial charge >= 0.3 is 0 Å². The monoisotopic (exact) mass is 280 g/mol. The Morgan fingerprint density at radius 2 is 2.35 bits per heavy atom.